The number of nitrogens with zero attached hydrogens (tertiary/aromatic N) is 15. The molecule has 0 saturated carbocycles. The highest BCUT2D eigenvalue weighted by molar-refractivity contribution is 7.99. The van der Waals surface area contributed by atoms with Crippen LogP contribution in [-0.2, 0) is 68.1 Å². The minimum atomic E-state index is -4.29. The van der Waals surface area contributed by atoms with E-state index in [1.807, 2.05) is 34.8 Å². The monoisotopic (exact) mass is 1490 g/mol. The lowest BCUT2D eigenvalue weighted by atomic mass is 10.0. The Labute approximate surface area is 601 Å². The van der Waals surface area contributed by atoms with Crippen molar-refractivity contribution in [2.75, 3.05) is 170 Å². The fraction of sp³-hybridized carbons (Fsp3) is 0.652. The third-order valence-corrected chi connectivity index (χ3v) is 24.2. The largest absolute Gasteiger partial charge is 0.416 e. The lowest BCUT2D eigenvalue weighted by Gasteiger charge is -2.27. The Morgan fingerprint density at radius 3 is 0.892 bits per heavy atom. The summed E-state index contributed by atoms with van der Waals surface area (Å²) in [5.74, 6) is 6.98. The second kappa shape index (κ2) is 33.5. The zero-order valence-corrected chi connectivity index (χ0v) is 60.1. The lowest BCUT2D eigenvalue weighted by molar-refractivity contribution is -0.138. The first-order chi connectivity index (χ1) is 49.2. The van der Waals surface area contributed by atoms with Crippen LogP contribution in [0.3, 0.4) is 0 Å². The molecule has 9 aliphatic heterocycles. The summed E-state index contributed by atoms with van der Waals surface area (Å²) in [5.41, 5.74) is 0.904. The molecule has 6 aromatic rings. The molecule has 9 atom stereocenters. The number of halogens is 9. The zero-order valence-electron chi connectivity index (χ0n) is 57.6. The van der Waals surface area contributed by atoms with E-state index < -0.39 is 35.2 Å². The van der Waals surface area contributed by atoms with Gasteiger partial charge in [-0.15, -0.1) is 30.6 Å². The van der Waals surface area contributed by atoms with Gasteiger partial charge < -0.3 is 71.5 Å². The zero-order chi connectivity index (χ0) is 71.1. The summed E-state index contributed by atoms with van der Waals surface area (Å²) in [4.78, 5) is 14.3. The molecule has 0 N–H and O–H groups in total. The molecule has 558 valence electrons. The lowest BCUT2D eigenvalue weighted by Crippen LogP contribution is -2.35. The average molecular weight is 1490 g/mol. The standard InChI is InChI=1S/3C23H30F3N5O2S/c3*1-29-21(20-15-32-10-11-33-20)27-28-22(29)34-12-2-8-30-13-16-7-9-31(19(16)14-30)18-5-3-17(4-6-18)23(24,25)26/h3*3-6,16,19-20H,2,7-15H2,1H3/t16-,19+,20+;16-,19+,20-;/m11./s1. The fourth-order valence-electron chi connectivity index (χ4n) is 15.6. The van der Waals surface area contributed by atoms with Gasteiger partial charge in [0.2, 0.25) is 0 Å². The molecule has 0 amide bonds. The van der Waals surface area contributed by atoms with E-state index in [2.05, 4.69) is 60.0 Å². The molecule has 0 spiro atoms. The van der Waals surface area contributed by atoms with Crippen molar-refractivity contribution in [3.05, 3.63) is 107 Å². The number of fused-ring (bicyclic) bond motifs is 3. The highest BCUT2D eigenvalue weighted by Crippen LogP contribution is 2.42. The maximum absolute atomic E-state index is 12.9. The summed E-state index contributed by atoms with van der Waals surface area (Å²) >= 11 is 5.10. The Hall–Kier alpha value is -5.46. The Balaban J connectivity index is 0.000000137. The number of thioether (sulfide) groups is 3. The molecule has 102 heavy (non-hydrogen) atoms. The topological polar surface area (TPSA) is 167 Å². The third kappa shape index (κ3) is 18.1. The van der Waals surface area contributed by atoms with Crippen LogP contribution in [0, 0.1) is 17.8 Å². The molecule has 3 aromatic carbocycles. The van der Waals surface area contributed by atoms with Crippen molar-refractivity contribution in [2.45, 2.75) is 109 Å². The van der Waals surface area contributed by atoms with E-state index in [-0.39, 0.29) is 18.3 Å². The average Bonchev–Trinajstić information content (AvgIpc) is 1.35. The van der Waals surface area contributed by atoms with Gasteiger partial charge in [0, 0.05) is 132 Å². The molecule has 33 heteroatoms. The normalized spacial score (nSPS) is 25.8. The van der Waals surface area contributed by atoms with Crippen LogP contribution in [0.2, 0.25) is 0 Å². The summed E-state index contributed by atoms with van der Waals surface area (Å²) in [6.45, 7) is 16.9. The van der Waals surface area contributed by atoms with E-state index in [1.165, 1.54) is 36.4 Å². The van der Waals surface area contributed by atoms with Gasteiger partial charge in [-0.1, -0.05) is 35.3 Å². The van der Waals surface area contributed by atoms with Crippen LogP contribution in [0.4, 0.5) is 56.6 Å². The third-order valence-electron chi connectivity index (χ3n) is 20.9. The van der Waals surface area contributed by atoms with E-state index in [4.69, 9.17) is 28.4 Å². The summed E-state index contributed by atoms with van der Waals surface area (Å²) in [6, 6.07) is 18.0. The molecule has 21 nitrogen and oxygen atoms in total. The predicted octanol–water partition coefficient (Wildman–Crippen LogP) is 10.8. The number of hydrogen-bond acceptors (Lipinski definition) is 21. The van der Waals surface area contributed by atoms with Crippen LogP contribution in [0.25, 0.3) is 0 Å². The molecular weight excluding hydrogens is 1400 g/mol. The summed E-state index contributed by atoms with van der Waals surface area (Å²) in [6.07, 6.45) is -6.97. The van der Waals surface area contributed by atoms with Gasteiger partial charge in [0.15, 0.2) is 32.9 Å². The van der Waals surface area contributed by atoms with E-state index in [0.717, 1.165) is 184 Å². The first kappa shape index (κ1) is 74.8. The van der Waals surface area contributed by atoms with Crippen molar-refractivity contribution < 1.29 is 67.9 Å². The Bertz CT molecular complexity index is 3260. The molecule has 15 rings (SSSR count). The van der Waals surface area contributed by atoms with Crippen molar-refractivity contribution >= 4 is 52.3 Å². The van der Waals surface area contributed by atoms with Crippen molar-refractivity contribution in [2.24, 2.45) is 38.9 Å². The van der Waals surface area contributed by atoms with Crippen molar-refractivity contribution in [1.29, 1.82) is 0 Å². The SMILES string of the molecule is Cn1c(SCCCN2CC3CCN(c4ccc(C(F)(F)F)cc4)C3C2)nnc1C1COCCO1.Cn1c(SCCCN2C[C@H]3CCN(c4ccc(C(F)(F)F)cc4)[C@H]3C2)nnc1[C@@H]1COCCO1.Cn1c(SCCCN2C[C@H]3CCN(c4ccc(C(F)(F)F)cc4)[C@H]3C2)nnc1[C@H]1COCCO1. The second-order valence-corrected chi connectivity index (χ2v) is 30.6. The van der Waals surface area contributed by atoms with E-state index in [0.29, 0.717) is 95.3 Å². The molecule has 9 fully saturated rings. The number of aromatic nitrogens is 9. The maximum atomic E-state index is 12.9. The fourth-order valence-corrected chi connectivity index (χ4v) is 18.2. The first-order valence-corrected chi connectivity index (χ1v) is 38.3. The minimum Gasteiger partial charge on any atom is -0.376 e. The quantitative estimate of drug-likeness (QED) is 0.0379. The van der Waals surface area contributed by atoms with Crippen LogP contribution in [0.15, 0.2) is 88.3 Å². The number of rotatable bonds is 21. The van der Waals surface area contributed by atoms with Crippen LogP contribution < -0.4 is 14.7 Å². The molecule has 9 aliphatic rings. The highest BCUT2D eigenvalue weighted by Gasteiger charge is 2.45. The smallest absolute Gasteiger partial charge is 0.376 e. The van der Waals surface area contributed by atoms with Crippen LogP contribution in [-0.4, -0.2) is 232 Å². The van der Waals surface area contributed by atoms with Gasteiger partial charge >= 0.3 is 18.5 Å². The molecule has 9 saturated heterocycles. The number of likely N-dealkylation sites (tertiary alicyclic amines) is 3. The van der Waals surface area contributed by atoms with Crippen molar-refractivity contribution in [1.82, 2.24) is 59.0 Å². The molecular formula is C69H90F9N15O6S3. The van der Waals surface area contributed by atoms with E-state index >= 15 is 0 Å². The van der Waals surface area contributed by atoms with Gasteiger partial charge in [0.05, 0.1) is 76.2 Å². The van der Waals surface area contributed by atoms with Crippen molar-refractivity contribution in [3.8, 4) is 0 Å². The van der Waals surface area contributed by atoms with Gasteiger partial charge in [0.1, 0.15) is 18.3 Å². The Morgan fingerprint density at radius 1 is 0.373 bits per heavy atom. The number of ether oxygens (including phenoxy) is 6. The molecule has 0 aliphatic carbocycles. The molecule has 0 bridgehead atoms. The number of benzene rings is 3. The molecule has 3 aromatic heterocycles. The van der Waals surface area contributed by atoms with Gasteiger partial charge in [0.25, 0.3) is 0 Å². The number of anilines is 3. The number of hydrogen-bond donors (Lipinski definition) is 0. The summed E-state index contributed by atoms with van der Waals surface area (Å²) < 4.78 is 156. The first-order valence-electron chi connectivity index (χ1n) is 35.3. The summed E-state index contributed by atoms with van der Waals surface area (Å²) in [7, 11) is 5.90. The Kier molecular flexibility index (Phi) is 24.6. The van der Waals surface area contributed by atoms with Crippen LogP contribution in [0.1, 0.15) is 91.0 Å². The van der Waals surface area contributed by atoms with Gasteiger partial charge in [-0.25, -0.2) is 0 Å². The predicted molar refractivity (Wildman–Crippen MR) is 369 cm³/mol. The molecule has 3 unspecified atom stereocenters. The second-order valence-electron chi connectivity index (χ2n) is 27.4. The van der Waals surface area contributed by atoms with E-state index in [9.17, 15) is 39.5 Å². The summed E-state index contributed by atoms with van der Waals surface area (Å²) in [5, 5.41) is 28.5. The van der Waals surface area contributed by atoms with E-state index in [1.54, 1.807) is 71.7 Å². The highest BCUT2D eigenvalue weighted by atomic mass is 32.2. The van der Waals surface area contributed by atoms with Crippen LogP contribution >= 0.6 is 35.3 Å². The van der Waals surface area contributed by atoms with Gasteiger partial charge in [-0.3, -0.25) is 0 Å². The van der Waals surface area contributed by atoms with Gasteiger partial charge in [-0.05, 0) is 149 Å². The van der Waals surface area contributed by atoms with Crippen LogP contribution in [0.5, 0.6) is 0 Å². The number of alkyl halides is 9. The Morgan fingerprint density at radius 2 is 0.647 bits per heavy atom. The maximum Gasteiger partial charge on any atom is 0.416 e. The van der Waals surface area contributed by atoms with Gasteiger partial charge in [-0.2, -0.15) is 39.5 Å². The molecule has 12 heterocycles. The van der Waals surface area contributed by atoms with Crippen molar-refractivity contribution in [3.63, 3.8) is 0 Å². The molecule has 0 radical (unpaired) electrons. The minimum absolute atomic E-state index is 0.155.